The molecular formula is C23H21NO3S. The molecule has 0 fully saturated rings. The van der Waals surface area contributed by atoms with Crippen molar-refractivity contribution >= 4 is 15.7 Å². The smallest absolute Gasteiger partial charge is 0.254 e. The summed E-state index contributed by atoms with van der Waals surface area (Å²) in [5.74, 6) is 0.0286. The van der Waals surface area contributed by atoms with Crippen LogP contribution in [0.5, 0.6) is 0 Å². The van der Waals surface area contributed by atoms with E-state index in [1.165, 1.54) is 23.3 Å². The van der Waals surface area contributed by atoms with Crippen molar-refractivity contribution in [3.63, 3.8) is 0 Å². The van der Waals surface area contributed by atoms with E-state index in [-0.39, 0.29) is 16.7 Å². The SMILES string of the molecule is CS(=O)(=O)c1ccc(C(=O)N2Cc3ccccc3[C@H](c3ccccc3)C2)cc1. The van der Waals surface area contributed by atoms with E-state index in [1.54, 1.807) is 12.1 Å². The summed E-state index contributed by atoms with van der Waals surface area (Å²) in [5, 5.41) is 0. The molecule has 1 atom stereocenters. The maximum absolute atomic E-state index is 13.1. The quantitative estimate of drug-likeness (QED) is 0.681. The van der Waals surface area contributed by atoms with Crippen molar-refractivity contribution in [1.29, 1.82) is 0 Å². The number of sulfone groups is 1. The zero-order valence-electron chi connectivity index (χ0n) is 15.6. The van der Waals surface area contributed by atoms with Crippen molar-refractivity contribution in [3.05, 3.63) is 101 Å². The number of hydrogen-bond acceptors (Lipinski definition) is 3. The molecule has 4 rings (SSSR count). The lowest BCUT2D eigenvalue weighted by Gasteiger charge is -2.35. The van der Waals surface area contributed by atoms with Gasteiger partial charge in [0.1, 0.15) is 0 Å². The second-order valence-corrected chi connectivity index (χ2v) is 9.16. The van der Waals surface area contributed by atoms with E-state index >= 15 is 0 Å². The van der Waals surface area contributed by atoms with E-state index in [4.69, 9.17) is 0 Å². The van der Waals surface area contributed by atoms with Crippen LogP contribution in [0.3, 0.4) is 0 Å². The minimum atomic E-state index is -3.28. The molecule has 1 amide bonds. The number of rotatable bonds is 3. The highest BCUT2D eigenvalue weighted by atomic mass is 32.2. The summed E-state index contributed by atoms with van der Waals surface area (Å²) in [6, 6.07) is 24.6. The molecule has 5 heteroatoms. The second-order valence-electron chi connectivity index (χ2n) is 7.14. The average molecular weight is 391 g/mol. The third-order valence-corrected chi connectivity index (χ3v) is 6.34. The first kappa shape index (κ1) is 18.4. The molecule has 0 aliphatic carbocycles. The number of carbonyl (C=O) groups excluding carboxylic acids is 1. The van der Waals surface area contributed by atoms with Crippen LogP contribution in [0, 0.1) is 0 Å². The van der Waals surface area contributed by atoms with Gasteiger partial charge < -0.3 is 4.90 Å². The Balaban J connectivity index is 1.66. The van der Waals surface area contributed by atoms with Gasteiger partial charge in [0, 0.05) is 30.8 Å². The minimum absolute atomic E-state index is 0.0875. The van der Waals surface area contributed by atoms with Gasteiger partial charge in [0.15, 0.2) is 9.84 Å². The highest BCUT2D eigenvalue weighted by molar-refractivity contribution is 7.90. The zero-order valence-corrected chi connectivity index (χ0v) is 16.4. The van der Waals surface area contributed by atoms with E-state index in [0.717, 1.165) is 11.8 Å². The van der Waals surface area contributed by atoms with Gasteiger partial charge in [-0.1, -0.05) is 54.6 Å². The number of benzene rings is 3. The summed E-state index contributed by atoms with van der Waals surface area (Å²) in [6.07, 6.45) is 1.16. The fraction of sp³-hybridized carbons (Fsp3) is 0.174. The van der Waals surface area contributed by atoms with Crippen LogP contribution >= 0.6 is 0 Å². The van der Waals surface area contributed by atoms with Crippen LogP contribution in [-0.2, 0) is 16.4 Å². The lowest BCUT2D eigenvalue weighted by molar-refractivity contribution is 0.0725. The Morgan fingerprint density at radius 3 is 2.21 bits per heavy atom. The van der Waals surface area contributed by atoms with E-state index in [1.807, 2.05) is 35.2 Å². The molecule has 0 saturated heterocycles. The first-order valence-corrected chi connectivity index (χ1v) is 11.0. The number of amides is 1. The van der Waals surface area contributed by atoms with Gasteiger partial charge in [0.25, 0.3) is 5.91 Å². The summed E-state index contributed by atoms with van der Waals surface area (Å²) < 4.78 is 23.3. The lowest BCUT2D eigenvalue weighted by atomic mass is 9.84. The monoisotopic (exact) mass is 391 g/mol. The third-order valence-electron chi connectivity index (χ3n) is 5.21. The predicted octanol–water partition coefficient (Wildman–Crippen LogP) is 3.88. The van der Waals surface area contributed by atoms with Crippen molar-refractivity contribution in [2.75, 3.05) is 12.8 Å². The molecule has 142 valence electrons. The molecule has 28 heavy (non-hydrogen) atoms. The van der Waals surface area contributed by atoms with Gasteiger partial charge in [-0.05, 0) is 41.0 Å². The van der Waals surface area contributed by atoms with Crippen LogP contribution in [0.1, 0.15) is 33.0 Å². The second kappa shape index (κ2) is 7.24. The molecule has 1 aliphatic heterocycles. The summed E-state index contributed by atoms with van der Waals surface area (Å²) in [6.45, 7) is 1.14. The van der Waals surface area contributed by atoms with Crippen LogP contribution in [-0.4, -0.2) is 32.0 Å². The summed E-state index contributed by atoms with van der Waals surface area (Å²) in [7, 11) is -3.28. The normalized spacial score (nSPS) is 16.5. The van der Waals surface area contributed by atoms with E-state index in [0.29, 0.717) is 18.7 Å². The van der Waals surface area contributed by atoms with Crippen molar-refractivity contribution < 1.29 is 13.2 Å². The van der Waals surface area contributed by atoms with Gasteiger partial charge in [-0.15, -0.1) is 0 Å². The molecule has 0 spiro atoms. The van der Waals surface area contributed by atoms with Gasteiger partial charge in [0.05, 0.1) is 4.90 Å². The Kier molecular flexibility index (Phi) is 4.77. The van der Waals surface area contributed by atoms with E-state index in [9.17, 15) is 13.2 Å². The highest BCUT2D eigenvalue weighted by Crippen LogP contribution is 2.34. The van der Waals surface area contributed by atoms with Gasteiger partial charge in [0.2, 0.25) is 0 Å². The van der Waals surface area contributed by atoms with Crippen molar-refractivity contribution in [2.24, 2.45) is 0 Å². The molecule has 0 radical (unpaired) electrons. The van der Waals surface area contributed by atoms with E-state index < -0.39 is 9.84 Å². The predicted molar refractivity (Wildman–Crippen MR) is 109 cm³/mol. The van der Waals surface area contributed by atoms with Crippen molar-refractivity contribution in [1.82, 2.24) is 4.90 Å². The fourth-order valence-corrected chi connectivity index (χ4v) is 4.39. The van der Waals surface area contributed by atoms with Crippen LogP contribution in [0.15, 0.2) is 83.8 Å². The number of fused-ring (bicyclic) bond motifs is 1. The Morgan fingerprint density at radius 2 is 1.54 bits per heavy atom. The Hall–Kier alpha value is -2.92. The van der Waals surface area contributed by atoms with Gasteiger partial charge in [-0.3, -0.25) is 4.79 Å². The Bertz CT molecular complexity index is 1110. The Labute approximate surface area is 165 Å². The maximum Gasteiger partial charge on any atom is 0.254 e. The molecule has 0 N–H and O–H groups in total. The topological polar surface area (TPSA) is 54.5 Å². The molecule has 3 aromatic rings. The summed E-state index contributed by atoms with van der Waals surface area (Å²) >= 11 is 0. The third kappa shape index (κ3) is 3.58. The summed E-state index contributed by atoms with van der Waals surface area (Å²) in [5.41, 5.74) is 4.08. The van der Waals surface area contributed by atoms with Gasteiger partial charge in [-0.2, -0.15) is 0 Å². The largest absolute Gasteiger partial charge is 0.333 e. The number of carbonyl (C=O) groups is 1. The lowest BCUT2D eigenvalue weighted by Crippen LogP contribution is -2.38. The molecule has 1 heterocycles. The summed E-state index contributed by atoms with van der Waals surface area (Å²) in [4.78, 5) is 15.2. The first-order chi connectivity index (χ1) is 13.4. The molecular weight excluding hydrogens is 370 g/mol. The standard InChI is InChI=1S/C23H21NO3S/c1-28(26,27)20-13-11-18(12-14-20)23(25)24-15-19-9-5-6-10-21(19)22(16-24)17-7-3-2-4-8-17/h2-14,22H,15-16H2,1H3/t22-/m0/s1. The molecule has 1 aliphatic rings. The molecule has 0 bridgehead atoms. The van der Waals surface area contributed by atoms with Crippen LogP contribution in [0.25, 0.3) is 0 Å². The van der Waals surface area contributed by atoms with Crippen LogP contribution < -0.4 is 0 Å². The van der Waals surface area contributed by atoms with Gasteiger partial charge in [-0.25, -0.2) is 8.42 Å². The molecule has 0 aromatic heterocycles. The molecule has 4 nitrogen and oxygen atoms in total. The van der Waals surface area contributed by atoms with Crippen molar-refractivity contribution in [2.45, 2.75) is 17.4 Å². The molecule has 0 saturated carbocycles. The van der Waals surface area contributed by atoms with E-state index in [2.05, 4.69) is 24.3 Å². The fourth-order valence-electron chi connectivity index (χ4n) is 3.76. The molecule has 3 aromatic carbocycles. The number of hydrogen-bond donors (Lipinski definition) is 0. The zero-order chi connectivity index (χ0) is 19.7. The van der Waals surface area contributed by atoms with Crippen molar-refractivity contribution in [3.8, 4) is 0 Å². The number of nitrogens with zero attached hydrogens (tertiary/aromatic N) is 1. The minimum Gasteiger partial charge on any atom is -0.333 e. The average Bonchev–Trinajstić information content (AvgIpc) is 2.72. The first-order valence-electron chi connectivity index (χ1n) is 9.15. The van der Waals surface area contributed by atoms with Gasteiger partial charge >= 0.3 is 0 Å². The molecule has 0 unspecified atom stereocenters. The maximum atomic E-state index is 13.1. The van der Waals surface area contributed by atoms with Crippen LogP contribution in [0.4, 0.5) is 0 Å². The highest BCUT2D eigenvalue weighted by Gasteiger charge is 2.29. The Morgan fingerprint density at radius 1 is 0.893 bits per heavy atom. The van der Waals surface area contributed by atoms with Crippen LogP contribution in [0.2, 0.25) is 0 Å².